The Bertz CT molecular complexity index is 290. The van der Waals surface area contributed by atoms with E-state index >= 15 is 0 Å². The van der Waals surface area contributed by atoms with Crippen LogP contribution in [0.1, 0.15) is 12.8 Å². The van der Waals surface area contributed by atoms with Gasteiger partial charge < -0.3 is 4.90 Å². The first kappa shape index (κ1) is 9.37. The van der Waals surface area contributed by atoms with Crippen LogP contribution in [0.2, 0.25) is 0 Å². The van der Waals surface area contributed by atoms with Gasteiger partial charge in [-0.15, -0.1) is 0 Å². The molecule has 0 aromatic carbocycles. The second-order valence-corrected chi connectivity index (χ2v) is 3.46. The molecule has 0 N–H and O–H groups in total. The van der Waals surface area contributed by atoms with E-state index in [1.807, 2.05) is 4.90 Å². The van der Waals surface area contributed by atoms with Gasteiger partial charge in [0.15, 0.2) is 0 Å². The van der Waals surface area contributed by atoms with Crippen LogP contribution in [-0.4, -0.2) is 24.0 Å². The third-order valence-corrected chi connectivity index (χ3v) is 2.42. The molecule has 1 aliphatic rings. The molecule has 1 fully saturated rings. The first-order valence-corrected chi connectivity index (χ1v) is 4.62. The average Bonchev–Trinajstić information content (AvgIpc) is 2.19. The van der Waals surface area contributed by atoms with E-state index in [1.54, 1.807) is 18.3 Å². The number of hydrogen-bond acceptors (Lipinski definition) is 2. The molecule has 1 aromatic heterocycles. The molecule has 0 spiro atoms. The molecule has 0 aliphatic carbocycles. The van der Waals surface area contributed by atoms with Crippen molar-refractivity contribution in [1.29, 1.82) is 0 Å². The van der Waals surface area contributed by atoms with Gasteiger partial charge in [0.25, 0.3) is 5.92 Å². The van der Waals surface area contributed by atoms with Gasteiger partial charge in [-0.05, 0) is 12.1 Å². The quantitative estimate of drug-likeness (QED) is 0.685. The van der Waals surface area contributed by atoms with Crippen molar-refractivity contribution in [3.63, 3.8) is 0 Å². The SMILES string of the molecule is FC1(F)CCN(c2cc[c]cn2)CC1. The van der Waals surface area contributed by atoms with Gasteiger partial charge in [-0.25, -0.2) is 13.8 Å². The summed E-state index contributed by atoms with van der Waals surface area (Å²) in [6.45, 7) is 0.758. The van der Waals surface area contributed by atoms with E-state index in [4.69, 9.17) is 0 Å². The minimum absolute atomic E-state index is 0.0761. The van der Waals surface area contributed by atoms with E-state index in [2.05, 4.69) is 11.1 Å². The lowest BCUT2D eigenvalue weighted by Crippen LogP contribution is -2.39. The van der Waals surface area contributed by atoms with Crippen LogP contribution < -0.4 is 4.90 Å². The second-order valence-electron chi connectivity index (χ2n) is 3.46. The maximum atomic E-state index is 12.8. The first-order valence-electron chi connectivity index (χ1n) is 4.62. The molecule has 0 amide bonds. The standard InChI is InChI=1S/C10H11F2N2/c11-10(12)4-7-14(8-5-10)9-3-1-2-6-13-9/h1,3,6H,4-5,7-8H2. The zero-order valence-corrected chi connectivity index (χ0v) is 7.71. The van der Waals surface area contributed by atoms with Crippen LogP contribution in [0, 0.1) is 6.07 Å². The van der Waals surface area contributed by atoms with Gasteiger partial charge in [-0.3, -0.25) is 0 Å². The summed E-state index contributed by atoms with van der Waals surface area (Å²) in [6, 6.07) is 6.34. The summed E-state index contributed by atoms with van der Waals surface area (Å²) in [5.41, 5.74) is 0. The van der Waals surface area contributed by atoms with Gasteiger partial charge in [0.2, 0.25) is 0 Å². The number of halogens is 2. The number of hydrogen-bond donors (Lipinski definition) is 0. The molecule has 1 saturated heterocycles. The van der Waals surface area contributed by atoms with Crippen molar-refractivity contribution >= 4 is 5.82 Å². The Labute approximate surface area is 81.6 Å². The van der Waals surface area contributed by atoms with Crippen LogP contribution in [0.15, 0.2) is 18.3 Å². The van der Waals surface area contributed by atoms with Crippen molar-refractivity contribution < 1.29 is 8.78 Å². The molecular weight excluding hydrogens is 186 g/mol. The summed E-state index contributed by atoms with van der Waals surface area (Å²) in [5, 5.41) is 0. The van der Waals surface area contributed by atoms with Crippen molar-refractivity contribution in [2.24, 2.45) is 0 Å². The Morgan fingerprint density at radius 1 is 1.36 bits per heavy atom. The molecule has 0 saturated carbocycles. The van der Waals surface area contributed by atoms with Crippen molar-refractivity contribution in [2.75, 3.05) is 18.0 Å². The van der Waals surface area contributed by atoms with Gasteiger partial charge in [-0.2, -0.15) is 0 Å². The van der Waals surface area contributed by atoms with Crippen LogP contribution in [-0.2, 0) is 0 Å². The fourth-order valence-electron chi connectivity index (χ4n) is 1.56. The van der Waals surface area contributed by atoms with Crippen molar-refractivity contribution in [2.45, 2.75) is 18.8 Å². The molecule has 1 aliphatic heterocycles. The van der Waals surface area contributed by atoms with Crippen LogP contribution in [0.25, 0.3) is 0 Å². The van der Waals surface area contributed by atoms with E-state index in [9.17, 15) is 8.78 Å². The highest BCUT2D eigenvalue weighted by atomic mass is 19.3. The summed E-state index contributed by atoms with van der Waals surface area (Å²) >= 11 is 0. The van der Waals surface area contributed by atoms with E-state index in [0.29, 0.717) is 13.1 Å². The molecule has 0 bridgehead atoms. The van der Waals surface area contributed by atoms with Gasteiger partial charge >= 0.3 is 0 Å². The maximum absolute atomic E-state index is 12.8. The molecule has 0 atom stereocenters. The molecule has 14 heavy (non-hydrogen) atoms. The van der Waals surface area contributed by atoms with Crippen LogP contribution >= 0.6 is 0 Å². The molecule has 1 radical (unpaired) electrons. The molecule has 0 unspecified atom stereocenters. The lowest BCUT2D eigenvalue weighted by atomic mass is 10.1. The summed E-state index contributed by atoms with van der Waals surface area (Å²) in [7, 11) is 0. The van der Waals surface area contributed by atoms with Crippen LogP contribution in [0.4, 0.5) is 14.6 Å². The monoisotopic (exact) mass is 197 g/mol. The fourth-order valence-corrected chi connectivity index (χ4v) is 1.56. The average molecular weight is 197 g/mol. The minimum Gasteiger partial charge on any atom is -0.356 e. The number of aromatic nitrogens is 1. The number of rotatable bonds is 1. The number of alkyl halides is 2. The predicted octanol–water partition coefficient (Wildman–Crippen LogP) is 2.12. The van der Waals surface area contributed by atoms with Crippen molar-refractivity contribution in [1.82, 2.24) is 4.98 Å². The lowest BCUT2D eigenvalue weighted by Gasteiger charge is -2.32. The number of pyridine rings is 1. The Morgan fingerprint density at radius 2 is 2.07 bits per heavy atom. The number of anilines is 1. The van der Waals surface area contributed by atoms with E-state index < -0.39 is 5.92 Å². The number of piperidine rings is 1. The molecule has 2 nitrogen and oxygen atoms in total. The molecule has 1 aromatic rings. The van der Waals surface area contributed by atoms with E-state index in [1.165, 1.54) is 0 Å². The molecule has 2 rings (SSSR count). The topological polar surface area (TPSA) is 16.1 Å². The Hall–Kier alpha value is -1.19. The highest BCUT2D eigenvalue weighted by molar-refractivity contribution is 5.37. The van der Waals surface area contributed by atoms with E-state index in [-0.39, 0.29) is 12.8 Å². The molecule has 2 heterocycles. The van der Waals surface area contributed by atoms with Crippen LogP contribution in [0.5, 0.6) is 0 Å². The summed E-state index contributed by atoms with van der Waals surface area (Å²) < 4.78 is 25.7. The molecule has 4 heteroatoms. The van der Waals surface area contributed by atoms with Gasteiger partial charge in [0.1, 0.15) is 5.82 Å². The fraction of sp³-hybridized carbons (Fsp3) is 0.500. The van der Waals surface area contributed by atoms with Gasteiger partial charge in [-0.1, -0.05) is 0 Å². The summed E-state index contributed by atoms with van der Waals surface area (Å²) in [5.74, 6) is -1.73. The van der Waals surface area contributed by atoms with Crippen molar-refractivity contribution in [3.8, 4) is 0 Å². The highest BCUT2D eigenvalue weighted by Gasteiger charge is 2.34. The summed E-state index contributed by atoms with van der Waals surface area (Å²) in [4.78, 5) is 5.96. The Kier molecular flexibility index (Phi) is 2.35. The third kappa shape index (κ3) is 2.00. The zero-order chi connectivity index (χ0) is 10.0. The predicted molar refractivity (Wildman–Crippen MR) is 49.5 cm³/mol. The second kappa shape index (κ2) is 3.52. The third-order valence-electron chi connectivity index (χ3n) is 2.42. The Morgan fingerprint density at radius 3 is 2.64 bits per heavy atom. The highest BCUT2D eigenvalue weighted by Crippen LogP contribution is 2.29. The van der Waals surface area contributed by atoms with Gasteiger partial charge in [0, 0.05) is 38.2 Å². The Balaban J connectivity index is 2.03. The molecular formula is C10H11F2N2. The summed E-state index contributed by atoms with van der Waals surface area (Å²) in [6.07, 6.45) is 1.41. The maximum Gasteiger partial charge on any atom is 0.251 e. The van der Waals surface area contributed by atoms with Crippen LogP contribution in [0.3, 0.4) is 0 Å². The minimum atomic E-state index is -2.49. The van der Waals surface area contributed by atoms with E-state index in [0.717, 1.165) is 5.82 Å². The first-order chi connectivity index (χ1) is 6.67. The lowest BCUT2D eigenvalue weighted by molar-refractivity contribution is -0.0221. The molecule has 75 valence electrons. The normalized spacial score (nSPS) is 20.9. The smallest absolute Gasteiger partial charge is 0.251 e. The largest absolute Gasteiger partial charge is 0.356 e. The van der Waals surface area contributed by atoms with Crippen molar-refractivity contribution in [3.05, 3.63) is 24.4 Å². The van der Waals surface area contributed by atoms with Gasteiger partial charge in [0.05, 0.1) is 0 Å². The zero-order valence-electron chi connectivity index (χ0n) is 7.71. The number of nitrogens with zero attached hydrogens (tertiary/aromatic N) is 2.